The Labute approximate surface area is 148 Å². The molecule has 0 aromatic carbocycles. The van der Waals surface area contributed by atoms with Gasteiger partial charge in [-0.25, -0.2) is 0 Å². The first-order valence-corrected chi connectivity index (χ1v) is 10.5. The van der Waals surface area contributed by atoms with Crippen molar-refractivity contribution in [1.29, 1.82) is 0 Å². The van der Waals surface area contributed by atoms with Gasteiger partial charge in [-0.05, 0) is 74.0 Å². The predicted molar refractivity (Wildman–Crippen MR) is 97.8 cm³/mol. The van der Waals surface area contributed by atoms with E-state index in [1.54, 1.807) is 0 Å². The van der Waals surface area contributed by atoms with Crippen LogP contribution in [0.3, 0.4) is 0 Å². The minimum absolute atomic E-state index is 0.264. The van der Waals surface area contributed by atoms with Crippen molar-refractivity contribution in [2.24, 2.45) is 22.7 Å². The Bertz CT molecular complexity index is 424. The van der Waals surface area contributed by atoms with E-state index in [1.807, 2.05) is 0 Å². The van der Waals surface area contributed by atoms with E-state index in [1.165, 1.54) is 38.5 Å². The second kappa shape index (κ2) is 7.30. The van der Waals surface area contributed by atoms with E-state index >= 15 is 0 Å². The van der Waals surface area contributed by atoms with Gasteiger partial charge in [0.15, 0.2) is 0 Å². The Balaban J connectivity index is 1.67. The number of hydrogen-bond acceptors (Lipinski definition) is 2. The summed E-state index contributed by atoms with van der Waals surface area (Å²) >= 11 is 0. The van der Waals surface area contributed by atoms with E-state index in [0.29, 0.717) is 11.6 Å². The molecule has 0 saturated heterocycles. The molecule has 4 rings (SSSR count). The van der Waals surface area contributed by atoms with Crippen molar-refractivity contribution < 1.29 is 9.59 Å². The van der Waals surface area contributed by atoms with Crippen molar-refractivity contribution in [3.8, 4) is 0 Å². The third kappa shape index (κ3) is 3.94. The third-order valence-corrected chi connectivity index (χ3v) is 7.07. The van der Waals surface area contributed by atoms with Crippen LogP contribution in [0, 0.1) is 22.7 Å². The molecule has 4 fully saturated rings. The highest BCUT2D eigenvalue weighted by Gasteiger charge is 2.57. The molecule has 0 heterocycles. The van der Waals surface area contributed by atoms with Gasteiger partial charge in [-0.2, -0.15) is 0 Å². The average Bonchev–Trinajstić information content (AvgIpc) is 2.48. The number of Topliss-reactive ketones (excluding diaryl/α,β-unsaturated/α-hetero) is 2. The van der Waals surface area contributed by atoms with Crippen molar-refractivity contribution in [2.75, 3.05) is 0 Å². The lowest BCUT2D eigenvalue weighted by molar-refractivity contribution is -0.144. The first-order valence-electron chi connectivity index (χ1n) is 10.5. The molecular formula is C22H36O2. The predicted octanol–water partition coefficient (Wildman–Crippen LogP) is 5.87. The van der Waals surface area contributed by atoms with E-state index in [2.05, 4.69) is 13.8 Å². The summed E-state index contributed by atoms with van der Waals surface area (Å²) in [4.78, 5) is 25.0. The standard InChI is InChI=1S/C22H36O2/c1-3-5-7-19(23)14-21-10-17-9-18(11-21)13-22(12-17,16-21)15-20(24)8-6-4-2/h17-18H,3-16H2,1-2H3. The summed E-state index contributed by atoms with van der Waals surface area (Å²) in [6.07, 6.45) is 15.1. The van der Waals surface area contributed by atoms with Crippen LogP contribution < -0.4 is 0 Å². The highest BCUT2D eigenvalue weighted by molar-refractivity contribution is 5.80. The normalized spacial score (nSPS) is 36.9. The van der Waals surface area contributed by atoms with Crippen LogP contribution in [-0.2, 0) is 9.59 Å². The summed E-state index contributed by atoms with van der Waals surface area (Å²) in [6, 6.07) is 0. The monoisotopic (exact) mass is 332 g/mol. The maximum absolute atomic E-state index is 12.5. The Morgan fingerprint density at radius 2 is 1.21 bits per heavy atom. The van der Waals surface area contributed by atoms with E-state index < -0.39 is 0 Å². The van der Waals surface area contributed by atoms with Crippen molar-refractivity contribution in [2.45, 2.75) is 104 Å². The molecule has 0 spiro atoms. The number of unbranched alkanes of at least 4 members (excludes halogenated alkanes) is 2. The minimum atomic E-state index is 0.264. The number of hydrogen-bond donors (Lipinski definition) is 0. The third-order valence-electron chi connectivity index (χ3n) is 7.07. The van der Waals surface area contributed by atoms with Crippen LogP contribution in [0.4, 0.5) is 0 Å². The van der Waals surface area contributed by atoms with Crippen molar-refractivity contribution in [1.82, 2.24) is 0 Å². The summed E-state index contributed by atoms with van der Waals surface area (Å²) in [7, 11) is 0. The molecule has 2 heteroatoms. The Kier molecular flexibility index (Phi) is 5.52. The van der Waals surface area contributed by atoms with Crippen molar-refractivity contribution >= 4 is 11.6 Å². The Hall–Kier alpha value is -0.660. The Morgan fingerprint density at radius 3 is 1.58 bits per heavy atom. The zero-order chi connectivity index (χ0) is 17.2. The van der Waals surface area contributed by atoms with Crippen LogP contribution >= 0.6 is 0 Å². The van der Waals surface area contributed by atoms with Gasteiger partial charge in [0, 0.05) is 25.7 Å². The number of ketones is 2. The summed E-state index contributed by atoms with van der Waals surface area (Å²) in [5, 5.41) is 0. The molecule has 4 saturated carbocycles. The smallest absolute Gasteiger partial charge is 0.133 e. The van der Waals surface area contributed by atoms with E-state index in [4.69, 9.17) is 0 Å². The topological polar surface area (TPSA) is 34.1 Å². The maximum Gasteiger partial charge on any atom is 0.133 e. The summed E-state index contributed by atoms with van der Waals surface area (Å²) in [5.74, 6) is 2.57. The van der Waals surface area contributed by atoms with Crippen LogP contribution in [-0.4, -0.2) is 11.6 Å². The van der Waals surface area contributed by atoms with Gasteiger partial charge in [-0.1, -0.05) is 26.7 Å². The Morgan fingerprint density at radius 1 is 0.792 bits per heavy atom. The molecule has 0 radical (unpaired) electrons. The van der Waals surface area contributed by atoms with Gasteiger partial charge >= 0.3 is 0 Å². The SMILES string of the molecule is CCCCC(=O)CC12CC3CC(C1)CC(CC(=O)CCCC)(C3)C2. The first kappa shape index (κ1) is 18.1. The zero-order valence-electron chi connectivity index (χ0n) is 15.9. The molecule has 4 aliphatic carbocycles. The van der Waals surface area contributed by atoms with Gasteiger partial charge in [0.25, 0.3) is 0 Å². The lowest BCUT2D eigenvalue weighted by atomic mass is 9.42. The van der Waals surface area contributed by atoms with E-state index in [-0.39, 0.29) is 10.8 Å². The highest BCUT2D eigenvalue weighted by Crippen LogP contribution is 2.67. The van der Waals surface area contributed by atoms with Gasteiger partial charge in [0.2, 0.25) is 0 Å². The van der Waals surface area contributed by atoms with Crippen molar-refractivity contribution in [3.63, 3.8) is 0 Å². The summed E-state index contributed by atoms with van der Waals surface area (Å²) in [6.45, 7) is 4.32. The molecule has 0 aliphatic heterocycles. The van der Waals surface area contributed by atoms with Crippen LogP contribution in [0.5, 0.6) is 0 Å². The lowest BCUT2D eigenvalue weighted by Gasteiger charge is -2.62. The van der Waals surface area contributed by atoms with Gasteiger partial charge in [0.1, 0.15) is 11.6 Å². The fraction of sp³-hybridized carbons (Fsp3) is 0.909. The molecule has 0 N–H and O–H groups in total. The second-order valence-electron chi connectivity index (χ2n) is 9.60. The molecular weight excluding hydrogens is 296 g/mol. The van der Waals surface area contributed by atoms with Gasteiger partial charge in [-0.15, -0.1) is 0 Å². The van der Waals surface area contributed by atoms with Crippen LogP contribution in [0.1, 0.15) is 104 Å². The largest absolute Gasteiger partial charge is 0.300 e. The molecule has 0 unspecified atom stereocenters. The molecule has 0 atom stereocenters. The maximum atomic E-state index is 12.5. The molecule has 2 nitrogen and oxygen atoms in total. The quantitative estimate of drug-likeness (QED) is 0.501. The lowest BCUT2D eigenvalue weighted by Crippen LogP contribution is -2.53. The summed E-state index contributed by atoms with van der Waals surface area (Å²) < 4.78 is 0. The molecule has 4 bridgehead atoms. The molecule has 24 heavy (non-hydrogen) atoms. The van der Waals surface area contributed by atoms with E-state index in [9.17, 15) is 9.59 Å². The van der Waals surface area contributed by atoms with Crippen LogP contribution in [0.15, 0.2) is 0 Å². The van der Waals surface area contributed by atoms with Gasteiger partial charge < -0.3 is 0 Å². The fourth-order valence-electron chi connectivity index (χ4n) is 6.82. The van der Waals surface area contributed by atoms with Gasteiger partial charge in [-0.3, -0.25) is 9.59 Å². The second-order valence-corrected chi connectivity index (χ2v) is 9.60. The summed E-state index contributed by atoms with van der Waals surface area (Å²) in [5.41, 5.74) is 0.528. The van der Waals surface area contributed by atoms with Gasteiger partial charge in [0.05, 0.1) is 0 Å². The zero-order valence-corrected chi connectivity index (χ0v) is 15.9. The average molecular weight is 333 g/mol. The number of carbonyl (C=O) groups excluding carboxylic acids is 2. The molecule has 0 aromatic rings. The number of rotatable bonds is 10. The number of carbonyl (C=O) groups is 2. The minimum Gasteiger partial charge on any atom is -0.300 e. The molecule has 0 aromatic heterocycles. The highest BCUT2D eigenvalue weighted by atomic mass is 16.1. The van der Waals surface area contributed by atoms with Crippen LogP contribution in [0.2, 0.25) is 0 Å². The molecule has 136 valence electrons. The van der Waals surface area contributed by atoms with Crippen LogP contribution in [0.25, 0.3) is 0 Å². The fourth-order valence-corrected chi connectivity index (χ4v) is 6.82. The first-order chi connectivity index (χ1) is 11.5. The van der Waals surface area contributed by atoms with Crippen molar-refractivity contribution in [3.05, 3.63) is 0 Å². The van der Waals surface area contributed by atoms with E-state index in [0.717, 1.165) is 63.2 Å². The molecule has 4 aliphatic rings. The molecule has 0 amide bonds.